The number of hydrogen-bond donors (Lipinski definition) is 0. The molecule has 1 saturated carbocycles. The lowest BCUT2D eigenvalue weighted by molar-refractivity contribution is 0.406. The summed E-state index contributed by atoms with van der Waals surface area (Å²) in [4.78, 5) is 0. The van der Waals surface area contributed by atoms with E-state index in [1.165, 1.54) is 37.1 Å². The van der Waals surface area contributed by atoms with E-state index in [9.17, 15) is 0 Å². The molecule has 4 heterocycles. The van der Waals surface area contributed by atoms with Gasteiger partial charge in [0.15, 0.2) is 11.2 Å². The molecule has 2 aliphatic heterocycles. The highest BCUT2D eigenvalue weighted by Gasteiger charge is 2.41. The number of furan rings is 1. The van der Waals surface area contributed by atoms with Gasteiger partial charge in [0.2, 0.25) is 5.16 Å². The maximum absolute atomic E-state index is 5.64. The standard InChI is InChI=1S/C15H16N4OS2/c1-2-5-10(6-3-1)13-16-17-15-19(13)18-12(22-15)9-21-14(18)11-7-4-8-20-11/h4,7-10,14H,1-3,5-6H2. The molecule has 0 bridgehead atoms. The van der Waals surface area contributed by atoms with Gasteiger partial charge < -0.3 is 4.42 Å². The summed E-state index contributed by atoms with van der Waals surface area (Å²) >= 11 is 3.49. The molecular weight excluding hydrogens is 316 g/mol. The summed E-state index contributed by atoms with van der Waals surface area (Å²) in [6.07, 6.45) is 8.17. The minimum absolute atomic E-state index is 0.150. The highest BCUT2D eigenvalue weighted by atomic mass is 32.2. The van der Waals surface area contributed by atoms with E-state index in [1.807, 2.05) is 12.1 Å². The lowest BCUT2D eigenvalue weighted by Crippen LogP contribution is -2.31. The molecule has 0 aromatic carbocycles. The van der Waals surface area contributed by atoms with Gasteiger partial charge in [-0.15, -0.1) is 10.2 Å². The molecule has 1 aliphatic carbocycles. The van der Waals surface area contributed by atoms with E-state index in [0.717, 1.165) is 16.7 Å². The number of hydrogen-bond acceptors (Lipinski definition) is 6. The Hall–Kier alpha value is -1.34. The van der Waals surface area contributed by atoms with E-state index in [-0.39, 0.29) is 5.37 Å². The molecule has 0 N–H and O–H groups in total. The Kier molecular flexibility index (Phi) is 3.04. The van der Waals surface area contributed by atoms with Crippen LogP contribution >= 0.6 is 23.5 Å². The molecule has 0 saturated heterocycles. The first kappa shape index (κ1) is 13.1. The quantitative estimate of drug-likeness (QED) is 0.821. The fraction of sp³-hybridized carbons (Fsp3) is 0.467. The summed E-state index contributed by atoms with van der Waals surface area (Å²) in [5, 5.41) is 15.8. The van der Waals surface area contributed by atoms with E-state index >= 15 is 0 Å². The molecule has 0 spiro atoms. The molecule has 3 aliphatic rings. The van der Waals surface area contributed by atoms with E-state index in [1.54, 1.807) is 29.8 Å². The normalized spacial score (nSPS) is 24.5. The predicted molar refractivity (Wildman–Crippen MR) is 87.0 cm³/mol. The molecule has 1 atom stereocenters. The second kappa shape index (κ2) is 5.09. The smallest absolute Gasteiger partial charge is 0.216 e. The van der Waals surface area contributed by atoms with Crippen LogP contribution in [0.1, 0.15) is 55.0 Å². The van der Waals surface area contributed by atoms with Crippen LogP contribution in [0.25, 0.3) is 0 Å². The Morgan fingerprint density at radius 1 is 1.18 bits per heavy atom. The lowest BCUT2D eigenvalue weighted by Gasteiger charge is -2.27. The highest BCUT2D eigenvalue weighted by molar-refractivity contribution is 8.07. The molecule has 2 aromatic heterocycles. The Bertz CT molecular complexity index is 718. The molecule has 1 unspecified atom stereocenters. The van der Waals surface area contributed by atoms with Crippen molar-refractivity contribution in [2.75, 3.05) is 5.01 Å². The van der Waals surface area contributed by atoms with Gasteiger partial charge in [-0.3, -0.25) is 0 Å². The fourth-order valence-corrected chi connectivity index (χ4v) is 5.68. The average molecular weight is 332 g/mol. The van der Waals surface area contributed by atoms with Gasteiger partial charge in [0.05, 0.1) is 6.26 Å². The van der Waals surface area contributed by atoms with Crippen LogP contribution in [0, 0.1) is 0 Å². The molecule has 0 amide bonds. The minimum Gasteiger partial charge on any atom is -0.466 e. The van der Waals surface area contributed by atoms with Crippen molar-refractivity contribution in [3.8, 4) is 0 Å². The Morgan fingerprint density at radius 2 is 2.09 bits per heavy atom. The third-order valence-corrected chi connectivity index (χ3v) is 6.70. The highest BCUT2D eigenvalue weighted by Crippen LogP contribution is 2.52. The monoisotopic (exact) mass is 332 g/mol. The van der Waals surface area contributed by atoms with Gasteiger partial charge in [-0.1, -0.05) is 31.0 Å². The number of rotatable bonds is 2. The summed E-state index contributed by atoms with van der Waals surface area (Å²) < 4.78 is 7.88. The molecule has 2 aromatic rings. The number of aromatic nitrogens is 3. The zero-order chi connectivity index (χ0) is 14.5. The van der Waals surface area contributed by atoms with Crippen molar-refractivity contribution >= 4 is 23.5 Å². The third-order valence-electron chi connectivity index (χ3n) is 4.55. The summed E-state index contributed by atoms with van der Waals surface area (Å²) in [7, 11) is 0. The Labute approximate surface area is 137 Å². The summed E-state index contributed by atoms with van der Waals surface area (Å²) in [6, 6.07) is 3.99. The van der Waals surface area contributed by atoms with Crippen LogP contribution in [0.3, 0.4) is 0 Å². The molecule has 22 heavy (non-hydrogen) atoms. The average Bonchev–Trinajstić information content (AvgIpc) is 3.29. The van der Waals surface area contributed by atoms with Gasteiger partial charge in [0.25, 0.3) is 0 Å². The maximum Gasteiger partial charge on any atom is 0.216 e. The Morgan fingerprint density at radius 3 is 2.91 bits per heavy atom. The van der Waals surface area contributed by atoms with Crippen molar-refractivity contribution in [2.45, 2.75) is 48.6 Å². The molecule has 7 heteroatoms. The van der Waals surface area contributed by atoms with Crippen molar-refractivity contribution in [1.29, 1.82) is 0 Å². The maximum atomic E-state index is 5.64. The van der Waals surface area contributed by atoms with Crippen LogP contribution in [-0.2, 0) is 0 Å². The molecule has 5 nitrogen and oxygen atoms in total. The number of nitrogens with zero attached hydrogens (tertiary/aromatic N) is 4. The van der Waals surface area contributed by atoms with Crippen LogP contribution in [-0.4, -0.2) is 14.9 Å². The number of fused-ring (bicyclic) bond motifs is 3. The van der Waals surface area contributed by atoms with E-state index in [4.69, 9.17) is 4.42 Å². The summed E-state index contributed by atoms with van der Waals surface area (Å²) in [5.41, 5.74) is 0. The predicted octanol–water partition coefficient (Wildman–Crippen LogP) is 4.21. The first-order chi connectivity index (χ1) is 10.9. The van der Waals surface area contributed by atoms with Gasteiger partial charge in [0, 0.05) is 11.3 Å². The first-order valence-corrected chi connectivity index (χ1v) is 9.49. The molecule has 1 fully saturated rings. The molecule has 114 valence electrons. The first-order valence-electron chi connectivity index (χ1n) is 7.73. The number of thioether (sulfide) groups is 2. The van der Waals surface area contributed by atoms with Crippen molar-refractivity contribution in [1.82, 2.24) is 14.9 Å². The Balaban J connectivity index is 1.55. The lowest BCUT2D eigenvalue weighted by atomic mass is 9.89. The van der Waals surface area contributed by atoms with Gasteiger partial charge >= 0.3 is 0 Å². The van der Waals surface area contributed by atoms with E-state index < -0.39 is 0 Å². The second-order valence-corrected chi connectivity index (χ2v) is 7.84. The second-order valence-electron chi connectivity index (χ2n) is 5.89. The zero-order valence-corrected chi connectivity index (χ0v) is 13.6. The van der Waals surface area contributed by atoms with E-state index in [0.29, 0.717) is 5.92 Å². The van der Waals surface area contributed by atoms with Crippen molar-refractivity contribution in [3.05, 3.63) is 40.4 Å². The van der Waals surface area contributed by atoms with Gasteiger partial charge in [0.1, 0.15) is 10.8 Å². The van der Waals surface area contributed by atoms with Crippen molar-refractivity contribution in [3.63, 3.8) is 0 Å². The fourth-order valence-electron chi connectivity index (χ4n) is 3.50. The molecular formula is C15H16N4OS2. The largest absolute Gasteiger partial charge is 0.466 e. The summed E-state index contributed by atoms with van der Waals surface area (Å²) in [5.74, 6) is 2.65. The van der Waals surface area contributed by atoms with Crippen molar-refractivity contribution in [2.24, 2.45) is 0 Å². The van der Waals surface area contributed by atoms with Crippen LogP contribution in [0.5, 0.6) is 0 Å². The van der Waals surface area contributed by atoms with Gasteiger partial charge in [-0.05, 0) is 36.7 Å². The van der Waals surface area contributed by atoms with Crippen LogP contribution in [0.4, 0.5) is 0 Å². The molecule has 0 radical (unpaired) electrons. The minimum atomic E-state index is 0.150. The van der Waals surface area contributed by atoms with Crippen molar-refractivity contribution < 1.29 is 4.42 Å². The SMILES string of the molecule is C1=C2Sc3nnc(C4CCCCC4)n3N2C(c2ccco2)S1. The zero-order valence-electron chi connectivity index (χ0n) is 12.0. The van der Waals surface area contributed by atoms with E-state index in [2.05, 4.69) is 25.3 Å². The van der Waals surface area contributed by atoms with Crippen LogP contribution in [0.2, 0.25) is 0 Å². The topological polar surface area (TPSA) is 47.1 Å². The molecule has 5 rings (SSSR count). The van der Waals surface area contributed by atoms with Crippen LogP contribution < -0.4 is 5.01 Å². The van der Waals surface area contributed by atoms with Crippen LogP contribution in [0.15, 0.2) is 38.4 Å². The van der Waals surface area contributed by atoms with Gasteiger partial charge in [-0.25, -0.2) is 9.69 Å². The van der Waals surface area contributed by atoms with Gasteiger partial charge in [-0.2, -0.15) is 0 Å². The third kappa shape index (κ3) is 1.88. The summed E-state index contributed by atoms with van der Waals surface area (Å²) in [6.45, 7) is 0.